The van der Waals surface area contributed by atoms with Crippen LogP contribution < -0.4 is 0 Å². The van der Waals surface area contributed by atoms with E-state index in [1.807, 2.05) is 66.4 Å². The molecule has 0 aliphatic carbocycles. The molecule has 1 heterocycles. The van der Waals surface area contributed by atoms with E-state index in [1.54, 1.807) is 0 Å². The van der Waals surface area contributed by atoms with E-state index < -0.39 is 0 Å². The number of carbonyl (C=O) groups excluding carboxylic acids is 1. The molecule has 0 bridgehead atoms. The third-order valence-corrected chi connectivity index (χ3v) is 5.38. The number of amidine groups is 1. The van der Waals surface area contributed by atoms with Crippen LogP contribution in [0.1, 0.15) is 40.5 Å². The minimum Gasteiger partial charge on any atom is -0.257 e. The zero-order valence-corrected chi connectivity index (χ0v) is 15.6. The van der Waals surface area contributed by atoms with Gasteiger partial charge in [0, 0.05) is 18.1 Å². The number of hydrogen-bond donors (Lipinski definition) is 0. The molecule has 0 saturated carbocycles. The van der Waals surface area contributed by atoms with Gasteiger partial charge in [-0.1, -0.05) is 78.9 Å². The van der Waals surface area contributed by atoms with Crippen molar-refractivity contribution in [2.75, 3.05) is 7.05 Å². The van der Waals surface area contributed by atoms with E-state index in [0.29, 0.717) is 5.56 Å². The Morgan fingerprint density at radius 3 is 1.81 bits per heavy atom. The average Bonchev–Trinajstić information content (AvgIpc) is 3.00. The zero-order chi connectivity index (χ0) is 18.8. The second-order valence-electron chi connectivity index (χ2n) is 6.91. The Hall–Kier alpha value is -3.20. The number of amides is 1. The first-order chi connectivity index (χ1) is 13.2. The van der Waals surface area contributed by atoms with E-state index >= 15 is 0 Å². The topological polar surface area (TPSA) is 23.3 Å². The number of likely N-dealkylation sites (N-methyl/N-ethyl adjacent to an activating group) is 1. The highest BCUT2D eigenvalue weighted by Gasteiger charge is 2.49. The van der Waals surface area contributed by atoms with Gasteiger partial charge in [-0.3, -0.25) is 4.58 Å². The minimum atomic E-state index is -0.0775. The molecule has 3 heteroatoms. The maximum atomic E-state index is 13.4. The Bertz CT molecular complexity index is 965. The molecule has 1 aliphatic heterocycles. The summed E-state index contributed by atoms with van der Waals surface area (Å²) in [5.74, 6) is 0.999. The molecule has 4 rings (SSSR count). The molecule has 3 nitrogen and oxygen atoms in total. The highest BCUT2D eigenvalue weighted by atomic mass is 16.2. The molecule has 0 saturated heterocycles. The second kappa shape index (κ2) is 7.20. The van der Waals surface area contributed by atoms with Crippen LogP contribution in [0.15, 0.2) is 91.0 Å². The first kappa shape index (κ1) is 17.2. The van der Waals surface area contributed by atoms with Crippen LogP contribution in [0.5, 0.6) is 0 Å². The molecule has 0 unspecified atom stereocenters. The zero-order valence-electron chi connectivity index (χ0n) is 15.6. The molecule has 2 atom stereocenters. The van der Waals surface area contributed by atoms with Gasteiger partial charge in [0.05, 0.1) is 12.6 Å². The van der Waals surface area contributed by atoms with Gasteiger partial charge < -0.3 is 0 Å². The molecule has 27 heavy (non-hydrogen) atoms. The molecule has 1 amide bonds. The van der Waals surface area contributed by atoms with E-state index in [1.165, 1.54) is 5.56 Å². The van der Waals surface area contributed by atoms with Gasteiger partial charge in [0.2, 0.25) is 0 Å². The third kappa shape index (κ3) is 3.06. The van der Waals surface area contributed by atoms with Gasteiger partial charge >= 0.3 is 5.91 Å². The molecule has 134 valence electrons. The Labute approximate surface area is 160 Å². The van der Waals surface area contributed by atoms with Crippen LogP contribution >= 0.6 is 0 Å². The van der Waals surface area contributed by atoms with E-state index in [4.69, 9.17) is 0 Å². The summed E-state index contributed by atoms with van der Waals surface area (Å²) >= 11 is 0. The summed E-state index contributed by atoms with van der Waals surface area (Å²) in [5.41, 5.74) is 3.05. The van der Waals surface area contributed by atoms with Crippen molar-refractivity contribution in [1.29, 1.82) is 0 Å². The first-order valence-corrected chi connectivity index (χ1v) is 9.23. The van der Waals surface area contributed by atoms with Crippen molar-refractivity contribution in [3.63, 3.8) is 0 Å². The average molecular weight is 355 g/mol. The van der Waals surface area contributed by atoms with Gasteiger partial charge in [-0.25, -0.2) is 4.79 Å². The van der Waals surface area contributed by atoms with E-state index in [-0.39, 0.29) is 18.0 Å². The van der Waals surface area contributed by atoms with Crippen molar-refractivity contribution in [2.45, 2.75) is 19.0 Å². The molecule has 1 aliphatic rings. The minimum absolute atomic E-state index is 0.0345. The van der Waals surface area contributed by atoms with E-state index in [2.05, 4.69) is 48.0 Å². The van der Waals surface area contributed by atoms with Crippen molar-refractivity contribution in [2.24, 2.45) is 0 Å². The molecule has 3 aromatic carbocycles. The van der Waals surface area contributed by atoms with Crippen LogP contribution in [0.3, 0.4) is 0 Å². The summed E-state index contributed by atoms with van der Waals surface area (Å²) in [6, 6.07) is 30.2. The maximum Gasteiger partial charge on any atom is 0.341 e. The van der Waals surface area contributed by atoms with Gasteiger partial charge in [-0.05, 0) is 12.1 Å². The van der Waals surface area contributed by atoms with Crippen molar-refractivity contribution >= 4 is 11.7 Å². The predicted octanol–water partition coefficient (Wildman–Crippen LogP) is 4.69. The lowest BCUT2D eigenvalue weighted by Crippen LogP contribution is -2.36. The maximum absolute atomic E-state index is 13.4. The number of hydrogen-bond acceptors (Lipinski definition) is 1. The summed E-state index contributed by atoms with van der Waals surface area (Å²) in [5, 5.41) is 0. The van der Waals surface area contributed by atoms with Crippen LogP contribution in [-0.4, -0.2) is 28.3 Å². The Kier molecular flexibility index (Phi) is 4.59. The lowest BCUT2D eigenvalue weighted by Gasteiger charge is -2.23. The third-order valence-electron chi connectivity index (χ3n) is 5.38. The van der Waals surface area contributed by atoms with Gasteiger partial charge in [0.1, 0.15) is 0 Å². The van der Waals surface area contributed by atoms with Crippen LogP contribution in [0.25, 0.3) is 0 Å². The van der Waals surface area contributed by atoms with Crippen molar-refractivity contribution in [3.05, 3.63) is 108 Å². The van der Waals surface area contributed by atoms with Crippen molar-refractivity contribution in [1.82, 2.24) is 4.90 Å². The Morgan fingerprint density at radius 1 is 0.778 bits per heavy atom. The Balaban J connectivity index is 1.85. The van der Waals surface area contributed by atoms with E-state index in [9.17, 15) is 4.79 Å². The summed E-state index contributed by atoms with van der Waals surface area (Å²) in [6.07, 6.45) is 0. The fourth-order valence-corrected chi connectivity index (χ4v) is 3.96. The quantitative estimate of drug-likeness (QED) is 0.626. The fourth-order valence-electron chi connectivity index (χ4n) is 3.96. The molecular formula is C24H23N2O+. The molecule has 0 aromatic heterocycles. The van der Waals surface area contributed by atoms with Crippen LogP contribution in [0.4, 0.5) is 0 Å². The molecule has 0 N–H and O–H groups in total. The fraction of sp³-hybridized carbons (Fsp3) is 0.167. The number of benzene rings is 3. The highest BCUT2D eigenvalue weighted by Crippen LogP contribution is 2.41. The van der Waals surface area contributed by atoms with Crippen LogP contribution in [0, 0.1) is 0 Å². The van der Waals surface area contributed by atoms with Gasteiger partial charge in [-0.2, -0.15) is 4.90 Å². The molecule has 0 fully saturated rings. The lowest BCUT2D eigenvalue weighted by molar-refractivity contribution is -0.539. The normalized spacial score (nSPS) is 19.4. The van der Waals surface area contributed by atoms with Crippen molar-refractivity contribution < 1.29 is 9.37 Å². The standard InChI is InChI=1S/C24H23N2O/c1-18-25(2)22(19-12-6-3-7-13-19)23(20-14-8-4-9-15-20)26(18)24(27)21-16-10-5-11-17-21/h3-17,22-23H,1-2H3/q+1/t22-,23-/m1/s1. The van der Waals surface area contributed by atoms with Gasteiger partial charge in [0.15, 0.2) is 12.1 Å². The molecule has 0 radical (unpaired) electrons. The summed E-state index contributed by atoms with van der Waals surface area (Å²) in [7, 11) is 2.07. The lowest BCUT2D eigenvalue weighted by atomic mass is 9.93. The SMILES string of the molecule is CC1=[N+](C)[C@H](c2ccccc2)[C@@H](c2ccccc2)N1C(=O)c1ccccc1. The number of carbonyl (C=O) groups is 1. The number of rotatable bonds is 3. The molecular weight excluding hydrogens is 332 g/mol. The smallest absolute Gasteiger partial charge is 0.257 e. The van der Waals surface area contributed by atoms with Crippen LogP contribution in [-0.2, 0) is 0 Å². The largest absolute Gasteiger partial charge is 0.341 e. The summed E-state index contributed by atoms with van der Waals surface area (Å²) in [6.45, 7) is 2.03. The second-order valence-corrected chi connectivity index (χ2v) is 6.91. The number of nitrogens with zero attached hydrogens (tertiary/aromatic N) is 2. The molecule has 0 spiro atoms. The van der Waals surface area contributed by atoms with Crippen LogP contribution in [0.2, 0.25) is 0 Å². The first-order valence-electron chi connectivity index (χ1n) is 9.23. The van der Waals surface area contributed by atoms with Crippen molar-refractivity contribution in [3.8, 4) is 0 Å². The summed E-state index contributed by atoms with van der Waals surface area (Å²) in [4.78, 5) is 15.4. The van der Waals surface area contributed by atoms with E-state index in [0.717, 1.165) is 11.4 Å². The summed E-state index contributed by atoms with van der Waals surface area (Å²) < 4.78 is 2.22. The Morgan fingerprint density at radius 2 is 1.26 bits per heavy atom. The monoisotopic (exact) mass is 355 g/mol. The van der Waals surface area contributed by atoms with Gasteiger partial charge in [0.25, 0.3) is 5.84 Å². The molecule has 3 aromatic rings. The van der Waals surface area contributed by atoms with Gasteiger partial charge in [-0.15, -0.1) is 0 Å². The predicted molar refractivity (Wildman–Crippen MR) is 108 cm³/mol. The highest BCUT2D eigenvalue weighted by molar-refractivity contribution is 6.05.